The molecule has 0 saturated heterocycles. The van der Waals surface area contributed by atoms with Crippen LogP contribution in [-0.4, -0.2) is 21.6 Å². The molecule has 0 saturated carbocycles. The van der Waals surface area contributed by atoms with Gasteiger partial charge in [0.1, 0.15) is 12.2 Å². The lowest BCUT2D eigenvalue weighted by molar-refractivity contribution is -0.137. The van der Waals surface area contributed by atoms with Crippen molar-refractivity contribution < 1.29 is 14.7 Å². The summed E-state index contributed by atoms with van der Waals surface area (Å²) in [5.41, 5.74) is 2.93. The Hall–Kier alpha value is -2.08. The molecule has 2 rings (SSSR count). The van der Waals surface area contributed by atoms with Crippen LogP contribution in [0.3, 0.4) is 0 Å². The molecule has 0 fully saturated rings. The molecule has 0 spiro atoms. The van der Waals surface area contributed by atoms with Gasteiger partial charge in [-0.05, 0) is 49.2 Å². The molecule has 1 aromatic heterocycles. The van der Waals surface area contributed by atoms with Crippen LogP contribution in [0.25, 0.3) is 0 Å². The van der Waals surface area contributed by atoms with Crippen LogP contribution in [0.1, 0.15) is 21.6 Å². The summed E-state index contributed by atoms with van der Waals surface area (Å²) in [6, 6.07) is 7.08. The van der Waals surface area contributed by atoms with Gasteiger partial charge < -0.3 is 15.0 Å². The second kappa shape index (κ2) is 6.13. The molecule has 0 bridgehead atoms. The molecule has 1 amide bonds. The molecule has 1 heterocycles. The Balaban J connectivity index is 2.27. The summed E-state index contributed by atoms with van der Waals surface area (Å²) < 4.78 is 2.35. The van der Waals surface area contributed by atoms with Gasteiger partial charge in [0.05, 0.1) is 0 Å². The monoisotopic (exact) mass is 350 g/mol. The highest BCUT2D eigenvalue weighted by molar-refractivity contribution is 9.10. The first-order valence-electron chi connectivity index (χ1n) is 6.33. The maximum Gasteiger partial charge on any atom is 0.323 e. The van der Waals surface area contributed by atoms with Gasteiger partial charge in [0.25, 0.3) is 5.91 Å². The van der Waals surface area contributed by atoms with Crippen molar-refractivity contribution in [2.24, 2.45) is 0 Å². The largest absolute Gasteiger partial charge is 0.480 e. The molecule has 0 aliphatic carbocycles. The van der Waals surface area contributed by atoms with Crippen LogP contribution in [-0.2, 0) is 11.3 Å². The van der Waals surface area contributed by atoms with Gasteiger partial charge in [0, 0.05) is 16.4 Å². The third-order valence-corrected chi connectivity index (χ3v) is 3.56. The Morgan fingerprint density at radius 3 is 2.48 bits per heavy atom. The zero-order chi connectivity index (χ0) is 15.6. The minimum Gasteiger partial charge on any atom is -0.480 e. The van der Waals surface area contributed by atoms with E-state index in [1.165, 1.54) is 4.57 Å². The smallest absolute Gasteiger partial charge is 0.323 e. The van der Waals surface area contributed by atoms with E-state index in [-0.39, 0.29) is 12.5 Å². The van der Waals surface area contributed by atoms with Crippen LogP contribution < -0.4 is 5.32 Å². The molecule has 21 heavy (non-hydrogen) atoms. The number of nitrogens with one attached hydrogen (secondary N) is 1. The zero-order valence-corrected chi connectivity index (χ0v) is 13.3. The molecule has 2 aromatic rings. The fourth-order valence-electron chi connectivity index (χ4n) is 2.19. The molecule has 6 heteroatoms. The van der Waals surface area contributed by atoms with Crippen LogP contribution in [0.4, 0.5) is 5.69 Å². The lowest BCUT2D eigenvalue weighted by Gasteiger charge is -2.13. The maximum atomic E-state index is 12.3. The molecule has 1 aromatic carbocycles. The van der Waals surface area contributed by atoms with Crippen LogP contribution in [0.15, 0.2) is 34.9 Å². The standard InChI is InChI=1S/C15H15BrN2O3/c1-9-6-11(16)7-10(2)14(9)17-15(21)12-4-3-5-18(12)8-13(19)20/h3-7H,8H2,1-2H3,(H,17,21)(H,19,20). The van der Waals surface area contributed by atoms with Gasteiger partial charge in [-0.15, -0.1) is 0 Å². The number of benzene rings is 1. The summed E-state index contributed by atoms with van der Waals surface area (Å²) in [6.07, 6.45) is 1.57. The second-order valence-electron chi connectivity index (χ2n) is 4.78. The van der Waals surface area contributed by atoms with Gasteiger partial charge in [-0.2, -0.15) is 0 Å². The Kier molecular flexibility index (Phi) is 4.47. The van der Waals surface area contributed by atoms with Gasteiger partial charge in [0.15, 0.2) is 0 Å². The van der Waals surface area contributed by atoms with Crippen molar-refractivity contribution in [1.29, 1.82) is 0 Å². The number of nitrogens with zero attached hydrogens (tertiary/aromatic N) is 1. The average molecular weight is 351 g/mol. The SMILES string of the molecule is Cc1cc(Br)cc(C)c1NC(=O)c1cccn1CC(=O)O. The Morgan fingerprint density at radius 2 is 1.90 bits per heavy atom. The minimum absolute atomic E-state index is 0.242. The number of carboxylic acids is 1. The van der Waals surface area contributed by atoms with E-state index >= 15 is 0 Å². The van der Waals surface area contributed by atoms with Crippen LogP contribution in [0, 0.1) is 13.8 Å². The van der Waals surface area contributed by atoms with Crippen molar-refractivity contribution >= 4 is 33.5 Å². The number of aliphatic carboxylic acids is 1. The predicted octanol–water partition coefficient (Wildman–Crippen LogP) is 3.20. The zero-order valence-electron chi connectivity index (χ0n) is 11.7. The van der Waals surface area contributed by atoms with E-state index < -0.39 is 5.97 Å². The van der Waals surface area contributed by atoms with Gasteiger partial charge in [-0.1, -0.05) is 15.9 Å². The first-order chi connectivity index (χ1) is 9.88. The summed E-state index contributed by atoms with van der Waals surface area (Å²) in [5, 5.41) is 11.7. The first kappa shape index (κ1) is 15.3. The van der Waals surface area contributed by atoms with Gasteiger partial charge in [-0.3, -0.25) is 9.59 Å². The summed E-state index contributed by atoms with van der Waals surface area (Å²) in [6.45, 7) is 3.57. The van der Waals surface area contributed by atoms with E-state index in [4.69, 9.17) is 5.11 Å². The van der Waals surface area contributed by atoms with E-state index in [2.05, 4.69) is 21.2 Å². The summed E-state index contributed by atoms with van der Waals surface area (Å²) in [7, 11) is 0. The minimum atomic E-state index is -0.990. The molecule has 5 nitrogen and oxygen atoms in total. The van der Waals surface area contributed by atoms with Crippen LogP contribution in [0.5, 0.6) is 0 Å². The molecule has 0 aliphatic rings. The number of anilines is 1. The summed E-state index contributed by atoms with van der Waals surface area (Å²) >= 11 is 3.41. The Bertz CT molecular complexity index is 684. The molecule has 110 valence electrons. The number of amides is 1. The van der Waals surface area contributed by atoms with Crippen molar-refractivity contribution in [3.63, 3.8) is 0 Å². The van der Waals surface area contributed by atoms with Gasteiger partial charge in [-0.25, -0.2) is 0 Å². The highest BCUT2D eigenvalue weighted by Crippen LogP contribution is 2.25. The van der Waals surface area contributed by atoms with Gasteiger partial charge in [0.2, 0.25) is 0 Å². The molecule has 0 atom stereocenters. The molecule has 0 radical (unpaired) electrons. The number of aryl methyl sites for hydroxylation is 2. The molecule has 0 unspecified atom stereocenters. The van der Waals surface area contributed by atoms with E-state index in [1.807, 2.05) is 26.0 Å². The van der Waals surface area contributed by atoms with E-state index in [0.29, 0.717) is 5.69 Å². The number of carbonyl (C=O) groups excluding carboxylic acids is 1. The molecule has 0 aliphatic heterocycles. The van der Waals surface area contributed by atoms with Crippen LogP contribution in [0.2, 0.25) is 0 Å². The number of carbonyl (C=O) groups is 2. The number of hydrogen-bond acceptors (Lipinski definition) is 2. The van der Waals surface area contributed by atoms with Crippen LogP contribution >= 0.6 is 15.9 Å². The third-order valence-electron chi connectivity index (χ3n) is 3.10. The normalized spacial score (nSPS) is 10.4. The van der Waals surface area contributed by atoms with E-state index in [1.54, 1.807) is 18.3 Å². The van der Waals surface area contributed by atoms with Crippen molar-refractivity contribution in [2.75, 3.05) is 5.32 Å². The average Bonchev–Trinajstić information content (AvgIpc) is 2.80. The van der Waals surface area contributed by atoms with Crippen molar-refractivity contribution in [3.05, 3.63) is 51.8 Å². The number of rotatable bonds is 4. The molecule has 2 N–H and O–H groups in total. The summed E-state index contributed by atoms with van der Waals surface area (Å²) in [5.74, 6) is -1.31. The quantitative estimate of drug-likeness (QED) is 0.889. The lowest BCUT2D eigenvalue weighted by Crippen LogP contribution is -2.20. The Labute approximate surface area is 130 Å². The van der Waals surface area contributed by atoms with Crippen molar-refractivity contribution in [1.82, 2.24) is 4.57 Å². The highest BCUT2D eigenvalue weighted by atomic mass is 79.9. The maximum absolute atomic E-state index is 12.3. The summed E-state index contributed by atoms with van der Waals surface area (Å²) in [4.78, 5) is 23.1. The number of hydrogen-bond donors (Lipinski definition) is 2. The van der Waals surface area contributed by atoms with E-state index in [9.17, 15) is 9.59 Å². The molecular weight excluding hydrogens is 336 g/mol. The second-order valence-corrected chi connectivity index (χ2v) is 5.70. The lowest BCUT2D eigenvalue weighted by atomic mass is 10.1. The van der Waals surface area contributed by atoms with Crippen molar-refractivity contribution in [3.8, 4) is 0 Å². The van der Waals surface area contributed by atoms with Crippen molar-refractivity contribution in [2.45, 2.75) is 20.4 Å². The highest BCUT2D eigenvalue weighted by Gasteiger charge is 2.15. The Morgan fingerprint density at radius 1 is 1.29 bits per heavy atom. The number of carboxylic acid groups (broad SMARTS) is 1. The fourth-order valence-corrected chi connectivity index (χ4v) is 2.88. The molecular formula is C15H15BrN2O3. The number of halogens is 1. The van der Waals surface area contributed by atoms with E-state index in [0.717, 1.165) is 21.3 Å². The first-order valence-corrected chi connectivity index (χ1v) is 7.13. The number of aromatic nitrogens is 1. The van der Waals surface area contributed by atoms with Gasteiger partial charge >= 0.3 is 5.97 Å². The fraction of sp³-hybridized carbons (Fsp3) is 0.200. The third kappa shape index (κ3) is 3.52. The topological polar surface area (TPSA) is 71.3 Å². The predicted molar refractivity (Wildman–Crippen MR) is 83.6 cm³/mol.